The lowest BCUT2D eigenvalue weighted by atomic mass is 10.0. The molecule has 16 heavy (non-hydrogen) atoms. The van der Waals surface area contributed by atoms with E-state index in [0.717, 1.165) is 31.4 Å². The lowest BCUT2D eigenvalue weighted by Gasteiger charge is -2.14. The summed E-state index contributed by atoms with van der Waals surface area (Å²) in [5.41, 5.74) is 2.68. The van der Waals surface area contributed by atoms with Gasteiger partial charge in [-0.2, -0.15) is 0 Å². The summed E-state index contributed by atoms with van der Waals surface area (Å²) in [5, 5.41) is 12.1. The van der Waals surface area contributed by atoms with Crippen molar-refractivity contribution >= 4 is 17.6 Å². The van der Waals surface area contributed by atoms with Gasteiger partial charge >= 0.3 is 5.97 Å². The van der Waals surface area contributed by atoms with Crippen molar-refractivity contribution in [1.29, 1.82) is 0 Å². The van der Waals surface area contributed by atoms with Gasteiger partial charge < -0.3 is 10.4 Å². The molecule has 0 rings (SSSR count). The largest absolute Gasteiger partial charge is 0.481 e. The summed E-state index contributed by atoms with van der Waals surface area (Å²) >= 11 is 5.55. The van der Waals surface area contributed by atoms with Crippen LogP contribution in [0.15, 0.2) is 11.1 Å². The lowest BCUT2D eigenvalue weighted by Crippen LogP contribution is -2.27. The normalized spacial score (nSPS) is 15.9. The summed E-state index contributed by atoms with van der Waals surface area (Å²) in [7, 11) is 0. The Morgan fingerprint density at radius 3 is 2.56 bits per heavy atom. The summed E-state index contributed by atoms with van der Waals surface area (Å²) in [6.07, 6.45) is 2.67. The fourth-order valence-corrected chi connectivity index (χ4v) is 1.41. The SMILES string of the molecule is CC(=CCl)CNC(C)CCCC(C)C(=O)O. The second-order valence-corrected chi connectivity index (χ2v) is 4.63. The first-order valence-electron chi connectivity index (χ1n) is 5.69. The van der Waals surface area contributed by atoms with Gasteiger partial charge in [0.05, 0.1) is 5.92 Å². The molecule has 2 atom stereocenters. The van der Waals surface area contributed by atoms with Crippen LogP contribution in [0.1, 0.15) is 40.0 Å². The van der Waals surface area contributed by atoms with Crippen LogP contribution in [0, 0.1) is 5.92 Å². The number of hydrogen-bond donors (Lipinski definition) is 2. The zero-order chi connectivity index (χ0) is 12.6. The average molecular weight is 248 g/mol. The van der Waals surface area contributed by atoms with Crippen LogP contribution >= 0.6 is 11.6 Å². The Balaban J connectivity index is 3.58. The van der Waals surface area contributed by atoms with Crippen molar-refractivity contribution in [3.8, 4) is 0 Å². The van der Waals surface area contributed by atoms with Crippen LogP contribution in [0.25, 0.3) is 0 Å². The molecule has 0 aromatic carbocycles. The van der Waals surface area contributed by atoms with Crippen molar-refractivity contribution in [3.05, 3.63) is 11.1 Å². The maximum Gasteiger partial charge on any atom is 0.306 e. The van der Waals surface area contributed by atoms with E-state index in [2.05, 4.69) is 12.2 Å². The van der Waals surface area contributed by atoms with Crippen molar-refractivity contribution in [2.45, 2.75) is 46.1 Å². The highest BCUT2D eigenvalue weighted by atomic mass is 35.5. The zero-order valence-corrected chi connectivity index (χ0v) is 11.0. The van der Waals surface area contributed by atoms with Crippen LogP contribution in [-0.4, -0.2) is 23.7 Å². The molecule has 0 bridgehead atoms. The maximum absolute atomic E-state index is 10.6. The number of carboxylic acid groups (broad SMARTS) is 1. The molecule has 0 saturated heterocycles. The molecular weight excluding hydrogens is 226 g/mol. The number of hydrogen-bond acceptors (Lipinski definition) is 2. The average Bonchev–Trinajstić information content (AvgIpc) is 2.25. The molecule has 0 aliphatic carbocycles. The van der Waals surface area contributed by atoms with Crippen molar-refractivity contribution in [1.82, 2.24) is 5.32 Å². The smallest absolute Gasteiger partial charge is 0.306 e. The third-order valence-corrected chi connectivity index (χ3v) is 2.98. The van der Waals surface area contributed by atoms with Crippen LogP contribution in [0.3, 0.4) is 0 Å². The molecule has 0 spiro atoms. The van der Waals surface area contributed by atoms with Gasteiger partial charge in [-0.15, -0.1) is 0 Å². The minimum atomic E-state index is -0.707. The van der Waals surface area contributed by atoms with Gasteiger partial charge in [0.1, 0.15) is 0 Å². The number of halogens is 1. The van der Waals surface area contributed by atoms with Crippen LogP contribution < -0.4 is 5.32 Å². The van der Waals surface area contributed by atoms with E-state index >= 15 is 0 Å². The quantitative estimate of drug-likeness (QED) is 0.693. The fraction of sp³-hybridized carbons (Fsp3) is 0.750. The van der Waals surface area contributed by atoms with Gasteiger partial charge in [-0.3, -0.25) is 4.79 Å². The predicted molar refractivity (Wildman–Crippen MR) is 67.7 cm³/mol. The minimum absolute atomic E-state index is 0.239. The summed E-state index contributed by atoms with van der Waals surface area (Å²) in [6, 6.07) is 0.396. The third kappa shape index (κ3) is 7.71. The van der Waals surface area contributed by atoms with E-state index < -0.39 is 5.97 Å². The first-order chi connectivity index (χ1) is 7.47. The number of nitrogens with one attached hydrogen (secondary N) is 1. The summed E-state index contributed by atoms with van der Waals surface area (Å²) in [6.45, 7) is 6.62. The van der Waals surface area contributed by atoms with E-state index in [-0.39, 0.29) is 5.92 Å². The standard InChI is InChI=1S/C12H22ClNO2/c1-9(7-13)8-14-11(3)6-4-5-10(2)12(15)16/h7,10-11,14H,4-6,8H2,1-3H3,(H,15,16). The van der Waals surface area contributed by atoms with Gasteiger partial charge in [0.2, 0.25) is 0 Å². The van der Waals surface area contributed by atoms with Crippen LogP contribution in [0.4, 0.5) is 0 Å². The molecule has 94 valence electrons. The second kappa shape index (κ2) is 8.59. The van der Waals surface area contributed by atoms with E-state index in [1.165, 1.54) is 0 Å². The molecule has 2 N–H and O–H groups in total. The molecule has 0 aliphatic rings. The third-order valence-electron chi connectivity index (χ3n) is 2.61. The maximum atomic E-state index is 10.6. The van der Waals surface area contributed by atoms with Gasteiger partial charge in [0, 0.05) is 18.1 Å². The Labute approximate surface area is 103 Å². The molecule has 0 fully saturated rings. The number of carboxylic acids is 1. The predicted octanol–water partition coefficient (Wildman–Crippen LogP) is 3.00. The highest BCUT2D eigenvalue weighted by Gasteiger charge is 2.10. The Kier molecular flexibility index (Phi) is 8.30. The Hall–Kier alpha value is -0.540. The van der Waals surface area contributed by atoms with Crippen LogP contribution in [0.2, 0.25) is 0 Å². The van der Waals surface area contributed by atoms with E-state index in [4.69, 9.17) is 16.7 Å². The minimum Gasteiger partial charge on any atom is -0.481 e. The molecule has 0 aromatic heterocycles. The number of rotatable bonds is 8. The molecule has 0 saturated carbocycles. The molecule has 0 amide bonds. The van der Waals surface area contributed by atoms with Crippen molar-refractivity contribution in [2.24, 2.45) is 5.92 Å². The van der Waals surface area contributed by atoms with E-state index in [1.54, 1.807) is 12.5 Å². The molecule has 3 nitrogen and oxygen atoms in total. The first-order valence-corrected chi connectivity index (χ1v) is 6.13. The first kappa shape index (κ1) is 15.5. The van der Waals surface area contributed by atoms with Gasteiger partial charge in [-0.1, -0.05) is 24.9 Å². The van der Waals surface area contributed by atoms with Gasteiger partial charge in [0.25, 0.3) is 0 Å². The van der Waals surface area contributed by atoms with Crippen molar-refractivity contribution in [2.75, 3.05) is 6.54 Å². The topological polar surface area (TPSA) is 49.3 Å². The lowest BCUT2D eigenvalue weighted by molar-refractivity contribution is -0.141. The second-order valence-electron chi connectivity index (χ2n) is 4.41. The molecule has 2 unspecified atom stereocenters. The van der Waals surface area contributed by atoms with Crippen molar-refractivity contribution in [3.63, 3.8) is 0 Å². The number of aliphatic carboxylic acids is 1. The fourth-order valence-electron chi connectivity index (χ4n) is 1.33. The molecule has 4 heteroatoms. The Morgan fingerprint density at radius 1 is 1.44 bits per heavy atom. The summed E-state index contributed by atoms with van der Waals surface area (Å²) in [4.78, 5) is 10.6. The van der Waals surface area contributed by atoms with Crippen molar-refractivity contribution < 1.29 is 9.90 Å². The molecule has 0 radical (unpaired) electrons. The highest BCUT2D eigenvalue weighted by molar-refractivity contribution is 6.25. The monoisotopic (exact) mass is 247 g/mol. The zero-order valence-electron chi connectivity index (χ0n) is 10.3. The summed E-state index contributed by atoms with van der Waals surface area (Å²) < 4.78 is 0. The molecule has 0 aliphatic heterocycles. The summed E-state index contributed by atoms with van der Waals surface area (Å²) in [5.74, 6) is -0.946. The Bertz CT molecular complexity index is 241. The molecule has 0 aromatic rings. The Morgan fingerprint density at radius 2 is 2.06 bits per heavy atom. The van der Waals surface area contributed by atoms with Gasteiger partial charge in [-0.05, 0) is 32.3 Å². The van der Waals surface area contributed by atoms with E-state index in [9.17, 15) is 4.79 Å². The van der Waals surface area contributed by atoms with Gasteiger partial charge in [0.15, 0.2) is 0 Å². The van der Waals surface area contributed by atoms with E-state index in [0.29, 0.717) is 6.04 Å². The highest BCUT2D eigenvalue weighted by Crippen LogP contribution is 2.09. The molecular formula is C12H22ClNO2. The molecule has 0 heterocycles. The van der Waals surface area contributed by atoms with E-state index in [1.807, 2.05) is 6.92 Å². The number of carbonyl (C=O) groups is 1. The van der Waals surface area contributed by atoms with Gasteiger partial charge in [-0.25, -0.2) is 0 Å². The van der Waals surface area contributed by atoms with Crippen LogP contribution in [-0.2, 0) is 4.79 Å². The van der Waals surface area contributed by atoms with Crippen LogP contribution in [0.5, 0.6) is 0 Å².